The van der Waals surface area contributed by atoms with Crippen molar-refractivity contribution < 1.29 is 35.6 Å². The highest BCUT2D eigenvalue weighted by molar-refractivity contribution is 7.92. The van der Waals surface area contributed by atoms with Crippen molar-refractivity contribution in [3.05, 3.63) is 53.1 Å². The van der Waals surface area contributed by atoms with Crippen molar-refractivity contribution in [2.24, 2.45) is 0 Å². The van der Waals surface area contributed by atoms with E-state index in [1.807, 2.05) is 0 Å². The van der Waals surface area contributed by atoms with Gasteiger partial charge in [-0.2, -0.15) is 8.78 Å². The summed E-state index contributed by atoms with van der Waals surface area (Å²) in [4.78, 5) is 1.66. The molecule has 2 atom stereocenters. The lowest BCUT2D eigenvalue weighted by Crippen LogP contribution is -2.24. The van der Waals surface area contributed by atoms with Crippen LogP contribution in [0.5, 0.6) is 11.5 Å². The Morgan fingerprint density at radius 2 is 1.96 bits per heavy atom. The van der Waals surface area contributed by atoms with Gasteiger partial charge >= 0.3 is 5.25 Å². The molecule has 2 aromatic rings. The molecule has 0 spiro atoms. The maximum atomic E-state index is 14.1. The Morgan fingerprint density at radius 1 is 1.30 bits per heavy atom. The van der Waals surface area contributed by atoms with E-state index in [-0.39, 0.29) is 11.4 Å². The summed E-state index contributed by atoms with van der Waals surface area (Å²) in [7, 11) is -7.17. The topological polar surface area (TPSA) is 85.0 Å². The Hall–Kier alpha value is -2.42. The standard InChI is InChI=1S/C16H10F3NO5S2/c1-20-9-5-8(17)6-10(7-9)25-11-3-4-12(27(2,23)24)14-13(11)15(21)16(18,19)26(14)22/h3-7,15,21H,2H3. The molecule has 0 aromatic heterocycles. The first-order valence-electron chi connectivity index (χ1n) is 7.17. The molecule has 1 aliphatic heterocycles. The molecule has 6 nitrogen and oxygen atoms in total. The zero-order valence-electron chi connectivity index (χ0n) is 13.4. The Morgan fingerprint density at radius 3 is 2.56 bits per heavy atom. The van der Waals surface area contributed by atoms with Gasteiger partial charge in [-0.05, 0) is 24.3 Å². The van der Waals surface area contributed by atoms with Crippen LogP contribution in [-0.4, -0.2) is 29.2 Å². The first kappa shape index (κ1) is 19.3. The SMILES string of the molecule is [C-]#[N+]c1cc(F)cc(Oc2ccc(S(C)(=O)=O)c3c2C(O)C(F)(F)S3=O)c1. The van der Waals surface area contributed by atoms with Crippen molar-refractivity contribution in [1.82, 2.24) is 0 Å². The van der Waals surface area contributed by atoms with Gasteiger partial charge in [-0.15, -0.1) is 0 Å². The normalized spacial score (nSPS) is 20.7. The molecular weight excluding hydrogens is 407 g/mol. The fraction of sp³-hybridized carbons (Fsp3) is 0.188. The molecule has 0 radical (unpaired) electrons. The Kier molecular flexibility index (Phi) is 4.54. The van der Waals surface area contributed by atoms with E-state index in [1.54, 1.807) is 0 Å². The van der Waals surface area contributed by atoms with Crippen molar-refractivity contribution in [3.8, 4) is 11.5 Å². The van der Waals surface area contributed by atoms with Crippen LogP contribution >= 0.6 is 0 Å². The van der Waals surface area contributed by atoms with Crippen molar-refractivity contribution in [1.29, 1.82) is 0 Å². The molecule has 142 valence electrons. The molecule has 11 heteroatoms. The Labute approximate surface area is 154 Å². The minimum Gasteiger partial charge on any atom is -0.458 e. The van der Waals surface area contributed by atoms with Crippen molar-refractivity contribution in [2.75, 3.05) is 6.26 Å². The van der Waals surface area contributed by atoms with Gasteiger partial charge in [-0.1, -0.05) is 0 Å². The number of nitrogens with zero attached hydrogens (tertiary/aromatic N) is 1. The van der Waals surface area contributed by atoms with E-state index in [1.165, 1.54) is 0 Å². The van der Waals surface area contributed by atoms with E-state index in [0.29, 0.717) is 0 Å². The second-order valence-corrected chi connectivity index (χ2v) is 9.14. The molecule has 1 heterocycles. The summed E-state index contributed by atoms with van der Waals surface area (Å²) >= 11 is 0. The van der Waals surface area contributed by atoms with E-state index in [9.17, 15) is 30.9 Å². The molecule has 0 saturated heterocycles. The van der Waals surface area contributed by atoms with Gasteiger partial charge in [0.05, 0.1) is 16.4 Å². The monoisotopic (exact) mass is 417 g/mol. The number of aliphatic hydroxyl groups excluding tert-OH is 1. The predicted molar refractivity (Wildman–Crippen MR) is 88.6 cm³/mol. The van der Waals surface area contributed by atoms with Crippen LogP contribution < -0.4 is 4.74 Å². The summed E-state index contributed by atoms with van der Waals surface area (Å²) in [6, 6.07) is 4.85. The largest absolute Gasteiger partial charge is 0.458 e. The third-order valence-corrected chi connectivity index (χ3v) is 6.55. The molecule has 0 aliphatic carbocycles. The number of ether oxygens (including phenoxy) is 1. The summed E-state index contributed by atoms with van der Waals surface area (Å²) in [5.41, 5.74) is -0.779. The van der Waals surface area contributed by atoms with Crippen LogP contribution in [-0.2, 0) is 20.6 Å². The number of benzene rings is 2. The number of hydrogen-bond acceptors (Lipinski definition) is 5. The zero-order chi connectivity index (χ0) is 20.1. The Balaban J connectivity index is 2.22. The first-order valence-corrected chi connectivity index (χ1v) is 10.2. The van der Waals surface area contributed by atoms with Gasteiger partial charge in [0, 0.05) is 17.9 Å². The van der Waals surface area contributed by atoms with Crippen LogP contribution in [0.15, 0.2) is 40.1 Å². The molecular formula is C16H10F3NO5S2. The van der Waals surface area contributed by atoms with E-state index in [0.717, 1.165) is 36.6 Å². The highest BCUT2D eigenvalue weighted by Crippen LogP contribution is 2.52. The van der Waals surface area contributed by atoms with E-state index in [2.05, 4.69) is 4.85 Å². The average Bonchev–Trinajstić information content (AvgIpc) is 2.75. The highest BCUT2D eigenvalue weighted by Gasteiger charge is 2.57. The van der Waals surface area contributed by atoms with Crippen molar-refractivity contribution in [3.63, 3.8) is 0 Å². The molecule has 2 aromatic carbocycles. The van der Waals surface area contributed by atoms with E-state index in [4.69, 9.17) is 11.3 Å². The summed E-state index contributed by atoms with van der Waals surface area (Å²) in [6.07, 6.45) is -1.84. The number of hydrogen-bond donors (Lipinski definition) is 1. The number of alkyl halides is 2. The maximum absolute atomic E-state index is 14.1. The molecule has 0 bridgehead atoms. The van der Waals surface area contributed by atoms with Crippen LogP contribution in [0.2, 0.25) is 0 Å². The quantitative estimate of drug-likeness (QED) is 0.775. The zero-order valence-corrected chi connectivity index (χ0v) is 15.1. The van der Waals surface area contributed by atoms with Gasteiger partial charge in [-0.25, -0.2) is 21.9 Å². The minimum atomic E-state index is -4.13. The molecule has 1 aliphatic rings. The third kappa shape index (κ3) is 3.20. The maximum Gasteiger partial charge on any atom is 0.354 e. The van der Waals surface area contributed by atoms with Crippen LogP contribution in [0.4, 0.5) is 18.9 Å². The van der Waals surface area contributed by atoms with Crippen molar-refractivity contribution in [2.45, 2.75) is 21.1 Å². The smallest absolute Gasteiger partial charge is 0.354 e. The lowest BCUT2D eigenvalue weighted by Gasteiger charge is -2.15. The summed E-state index contributed by atoms with van der Waals surface area (Å²) < 4.78 is 82.9. The van der Waals surface area contributed by atoms with Gasteiger partial charge in [0.15, 0.2) is 21.6 Å². The number of rotatable bonds is 3. The summed E-state index contributed by atoms with van der Waals surface area (Å²) in [6.45, 7) is 6.90. The second kappa shape index (κ2) is 6.33. The molecule has 3 rings (SSSR count). The fourth-order valence-corrected chi connectivity index (χ4v) is 5.30. The van der Waals surface area contributed by atoms with Gasteiger partial charge in [0.1, 0.15) is 28.1 Å². The predicted octanol–water partition coefficient (Wildman–Crippen LogP) is 3.32. The lowest BCUT2D eigenvalue weighted by atomic mass is 10.1. The molecule has 0 amide bonds. The van der Waals surface area contributed by atoms with Gasteiger partial charge < -0.3 is 9.84 Å². The van der Waals surface area contributed by atoms with Crippen LogP contribution in [0.1, 0.15) is 11.7 Å². The number of aliphatic hydroxyl groups is 1. The number of sulfone groups is 1. The summed E-state index contributed by atoms with van der Waals surface area (Å²) in [5.74, 6) is -1.47. The lowest BCUT2D eigenvalue weighted by molar-refractivity contribution is -0.0352. The van der Waals surface area contributed by atoms with E-state index < -0.39 is 58.9 Å². The second-order valence-electron chi connectivity index (χ2n) is 5.67. The third-order valence-electron chi connectivity index (χ3n) is 3.76. The summed E-state index contributed by atoms with van der Waals surface area (Å²) in [5, 5.41) is 5.81. The minimum absolute atomic E-state index is 0.121. The first-order chi connectivity index (χ1) is 12.5. The van der Waals surface area contributed by atoms with E-state index >= 15 is 0 Å². The average molecular weight is 417 g/mol. The van der Waals surface area contributed by atoms with Gasteiger partial charge in [0.2, 0.25) is 0 Å². The number of fused-ring (bicyclic) bond motifs is 1. The highest BCUT2D eigenvalue weighted by atomic mass is 32.2. The van der Waals surface area contributed by atoms with Gasteiger partial charge in [0.25, 0.3) is 0 Å². The van der Waals surface area contributed by atoms with Crippen LogP contribution in [0.25, 0.3) is 4.85 Å². The Bertz CT molecular complexity index is 1130. The van der Waals surface area contributed by atoms with Crippen molar-refractivity contribution >= 4 is 26.3 Å². The molecule has 0 fully saturated rings. The molecule has 1 N–H and O–H groups in total. The molecule has 2 unspecified atom stereocenters. The fourth-order valence-electron chi connectivity index (χ4n) is 2.60. The molecule has 27 heavy (non-hydrogen) atoms. The van der Waals surface area contributed by atoms with Crippen LogP contribution in [0.3, 0.4) is 0 Å². The van der Waals surface area contributed by atoms with Crippen LogP contribution in [0, 0.1) is 12.4 Å². The molecule has 0 saturated carbocycles. The number of halogens is 3. The van der Waals surface area contributed by atoms with Gasteiger partial charge in [-0.3, -0.25) is 0 Å².